The summed E-state index contributed by atoms with van der Waals surface area (Å²) in [6.45, 7) is 9.40. The number of carbonyl (C=O) groups is 2. The van der Waals surface area contributed by atoms with Crippen LogP contribution in [0.2, 0.25) is 0 Å². The number of hydrogen-bond donors (Lipinski definition) is 2. The molecule has 284 valence electrons. The van der Waals surface area contributed by atoms with Crippen LogP contribution in [0.1, 0.15) is 43.2 Å². The van der Waals surface area contributed by atoms with Gasteiger partial charge in [-0.3, -0.25) is 28.3 Å². The van der Waals surface area contributed by atoms with E-state index in [0.29, 0.717) is 32.8 Å². The van der Waals surface area contributed by atoms with Crippen LogP contribution in [0.4, 0.5) is 23.2 Å². The molecule has 2 N–H and O–H groups in total. The molecule has 2 aliphatic heterocycles. The maximum atomic E-state index is 15.5. The van der Waals surface area contributed by atoms with Gasteiger partial charge in [-0.05, 0) is 24.0 Å². The van der Waals surface area contributed by atoms with Gasteiger partial charge in [0.05, 0.1) is 31.5 Å². The number of nitrogens with one attached hydrogen (secondary N) is 1. The molecule has 1 aromatic heterocycles. The Morgan fingerprint density at radius 2 is 1.85 bits per heavy atom. The number of hydrogen-bond acceptors (Lipinski definition) is 10. The molecule has 0 radical (unpaired) electrons. The fraction of sp³-hybridized carbons (Fsp3) is 0.389. The predicted molar refractivity (Wildman–Crippen MR) is 180 cm³/mol. The summed E-state index contributed by atoms with van der Waals surface area (Å²) >= 11 is 0. The van der Waals surface area contributed by atoms with Crippen molar-refractivity contribution < 1.29 is 58.8 Å². The van der Waals surface area contributed by atoms with E-state index in [-0.39, 0.29) is 63.2 Å². The number of aliphatic hydroxyl groups is 1. The summed E-state index contributed by atoms with van der Waals surface area (Å²) in [4.78, 5) is 38.1. The second-order valence-corrected chi connectivity index (χ2v) is 13.4. The van der Waals surface area contributed by atoms with Gasteiger partial charge in [-0.15, -0.1) is 11.6 Å². The minimum Gasteiger partial charge on any atom is -0.509 e. The summed E-state index contributed by atoms with van der Waals surface area (Å²) in [5.74, 6) is -5.51. The Bertz CT molecular complexity index is 1930. The number of anilines is 1. The fourth-order valence-electron chi connectivity index (χ4n) is 6.26. The van der Waals surface area contributed by atoms with Gasteiger partial charge in [0.25, 0.3) is 11.8 Å². The van der Waals surface area contributed by atoms with E-state index in [1.165, 1.54) is 37.2 Å². The number of aliphatic hydroxyl groups excluding tert-OH is 1. The number of morpholine rings is 1. The van der Waals surface area contributed by atoms with Crippen molar-refractivity contribution in [2.45, 2.75) is 40.3 Å². The first kappa shape index (κ1) is 41.0. The van der Waals surface area contributed by atoms with Crippen LogP contribution in [-0.4, -0.2) is 94.4 Å². The van der Waals surface area contributed by atoms with Gasteiger partial charge in [-0.25, -0.2) is 19.4 Å². The maximum absolute atomic E-state index is 15.5. The number of nitrogens with zero attached hydrogens (tertiary/aromatic N) is 6. The SMILES string of the molecule is Cc1c(C#N)ncnc1-c1cc([C-](F)F)ccc1NC(=O)C1=C(O)C(C(C)(C)C)N(C)N(Cc2ccc(OCCN3CCOCC3)c(F)c2F)C1=O.[Fe]. The zero-order valence-electron chi connectivity index (χ0n) is 29.6. The third kappa shape index (κ3) is 8.75. The molecular weight excluding hydrogens is 742 g/mol. The molecule has 2 aromatic carbocycles. The summed E-state index contributed by atoms with van der Waals surface area (Å²) in [6.07, 6.45) is -0.946. The number of nitriles is 1. The van der Waals surface area contributed by atoms with E-state index < -0.39 is 64.8 Å². The molecule has 17 heteroatoms. The van der Waals surface area contributed by atoms with Crippen LogP contribution in [0.25, 0.3) is 11.3 Å². The summed E-state index contributed by atoms with van der Waals surface area (Å²) in [5.41, 5.74) is -1.99. The van der Waals surface area contributed by atoms with E-state index in [2.05, 4.69) is 20.2 Å². The average Bonchev–Trinajstić information content (AvgIpc) is 3.09. The van der Waals surface area contributed by atoms with Crippen LogP contribution in [0.3, 0.4) is 0 Å². The first-order valence-corrected chi connectivity index (χ1v) is 16.4. The largest absolute Gasteiger partial charge is 0.509 e. The van der Waals surface area contributed by atoms with Crippen molar-refractivity contribution >= 4 is 17.5 Å². The molecule has 1 atom stereocenters. The van der Waals surface area contributed by atoms with Crippen molar-refractivity contribution in [1.29, 1.82) is 5.26 Å². The normalized spacial score (nSPS) is 16.9. The van der Waals surface area contributed by atoms with Crippen LogP contribution >= 0.6 is 0 Å². The predicted octanol–water partition coefficient (Wildman–Crippen LogP) is 5.14. The second kappa shape index (κ2) is 17.0. The van der Waals surface area contributed by atoms with Gasteiger partial charge in [-0.2, -0.15) is 15.7 Å². The Morgan fingerprint density at radius 1 is 1.15 bits per heavy atom. The molecule has 2 aliphatic rings. The maximum Gasteiger partial charge on any atom is 0.277 e. The summed E-state index contributed by atoms with van der Waals surface area (Å²) in [7, 11) is 1.47. The monoisotopic (exact) mass is 780 g/mol. The molecule has 1 unspecified atom stereocenters. The third-order valence-corrected chi connectivity index (χ3v) is 8.91. The number of halogens is 4. The molecule has 0 bridgehead atoms. The van der Waals surface area contributed by atoms with E-state index in [1.54, 1.807) is 20.8 Å². The number of likely N-dealkylation sites (N-methyl/N-ethyl adjacent to an activating group) is 1. The summed E-state index contributed by atoms with van der Waals surface area (Å²) in [6, 6.07) is 6.71. The van der Waals surface area contributed by atoms with Crippen molar-refractivity contribution in [3.63, 3.8) is 0 Å². The average molecular weight is 781 g/mol. The Morgan fingerprint density at radius 3 is 2.49 bits per heavy atom. The van der Waals surface area contributed by atoms with Gasteiger partial charge >= 0.3 is 0 Å². The van der Waals surface area contributed by atoms with Gasteiger partial charge in [0, 0.05) is 60.6 Å². The van der Waals surface area contributed by atoms with E-state index >= 15 is 8.78 Å². The van der Waals surface area contributed by atoms with Crippen molar-refractivity contribution in [2.24, 2.45) is 5.41 Å². The van der Waals surface area contributed by atoms with E-state index in [9.17, 15) is 28.7 Å². The Balaban J connectivity index is 0.00000627. The van der Waals surface area contributed by atoms with E-state index in [0.717, 1.165) is 23.5 Å². The molecule has 3 aromatic rings. The van der Waals surface area contributed by atoms with Gasteiger partial charge in [0.2, 0.25) is 5.82 Å². The molecule has 2 amide bonds. The van der Waals surface area contributed by atoms with Crippen molar-refractivity contribution in [3.8, 4) is 23.1 Å². The van der Waals surface area contributed by atoms with Crippen LogP contribution < -0.4 is 10.1 Å². The molecule has 5 rings (SSSR count). The smallest absolute Gasteiger partial charge is 0.277 e. The van der Waals surface area contributed by atoms with Crippen molar-refractivity contribution in [2.75, 3.05) is 51.8 Å². The number of rotatable bonds is 10. The Labute approximate surface area is 314 Å². The molecule has 0 aliphatic carbocycles. The van der Waals surface area contributed by atoms with Crippen LogP contribution in [0.15, 0.2) is 48.0 Å². The molecule has 0 spiro atoms. The second-order valence-electron chi connectivity index (χ2n) is 13.4. The van der Waals surface area contributed by atoms with Crippen molar-refractivity contribution in [3.05, 3.63) is 88.4 Å². The zero-order chi connectivity index (χ0) is 37.9. The Kier molecular flexibility index (Phi) is 13.1. The molecule has 53 heavy (non-hydrogen) atoms. The van der Waals surface area contributed by atoms with Gasteiger partial charge < -0.3 is 19.9 Å². The molecular formula is C36H38F4FeN7O5-. The quantitative estimate of drug-likeness (QED) is 0.123. The Hall–Kier alpha value is -4.72. The van der Waals surface area contributed by atoms with Crippen LogP contribution in [0, 0.1) is 41.7 Å². The standard InChI is InChI=1S/C36H38F4N7O5.Fe/c1-20-25(17-41)42-19-43-30(20)23-16-21(33(39)40)6-8-24(23)44-34(49)27-31(48)32(36(2,3)4)45(5)47(35(27)50)18-22-7-9-26(29(38)28(22)37)52-15-12-46-10-13-51-14-11-46;/h6-9,16,19,32,48H,10-15,18H2,1-5H3,(H,44,49);/q-1;. The number of amides is 2. The molecule has 0 saturated carbocycles. The molecule has 1 fully saturated rings. The van der Waals surface area contributed by atoms with Gasteiger partial charge in [0.15, 0.2) is 18.0 Å². The number of ether oxygens (including phenoxy) is 2. The molecule has 12 nitrogen and oxygen atoms in total. The molecule has 3 heterocycles. The summed E-state index contributed by atoms with van der Waals surface area (Å²) in [5, 5.41) is 25.9. The topological polar surface area (TPSA) is 144 Å². The zero-order valence-corrected chi connectivity index (χ0v) is 30.7. The van der Waals surface area contributed by atoms with E-state index in [4.69, 9.17) is 9.47 Å². The van der Waals surface area contributed by atoms with Crippen molar-refractivity contribution in [1.82, 2.24) is 24.9 Å². The van der Waals surface area contributed by atoms with Crippen LogP contribution in [-0.2, 0) is 37.9 Å². The first-order valence-electron chi connectivity index (χ1n) is 16.4. The first-order chi connectivity index (χ1) is 24.6. The summed E-state index contributed by atoms with van der Waals surface area (Å²) < 4.78 is 69.0. The third-order valence-electron chi connectivity index (χ3n) is 8.91. The fourth-order valence-corrected chi connectivity index (χ4v) is 6.26. The number of benzene rings is 2. The number of hydrazine groups is 1. The van der Waals surface area contributed by atoms with Gasteiger partial charge in [0.1, 0.15) is 36.0 Å². The number of carbonyl (C=O) groups excluding carboxylic acids is 2. The minimum absolute atomic E-state index is 0. The van der Waals surface area contributed by atoms with Gasteiger partial charge in [-0.1, -0.05) is 32.9 Å². The number of aromatic nitrogens is 2. The molecule has 1 saturated heterocycles. The minimum atomic E-state index is -2.02. The van der Waals surface area contributed by atoms with Crippen LogP contribution in [0.5, 0.6) is 5.75 Å². The van der Waals surface area contributed by atoms with E-state index in [1.807, 2.05) is 6.07 Å².